The molecule has 0 aliphatic rings. The second-order valence-electron chi connectivity index (χ2n) is 4.07. The van der Waals surface area contributed by atoms with Gasteiger partial charge in [-0.05, 0) is 20.4 Å². The van der Waals surface area contributed by atoms with Crippen LogP contribution >= 0.6 is 0 Å². The summed E-state index contributed by atoms with van der Waals surface area (Å²) < 4.78 is 5.28. The second-order valence-corrected chi connectivity index (χ2v) is 4.07. The minimum Gasteiger partial charge on any atom is -0.481 e. The van der Waals surface area contributed by atoms with E-state index < -0.39 is 12.1 Å². The van der Waals surface area contributed by atoms with Crippen molar-refractivity contribution in [2.24, 2.45) is 0 Å². The molecule has 0 saturated carbocycles. The molecular formula is C11H23NO4. The number of rotatable bonds is 9. The highest BCUT2D eigenvalue weighted by atomic mass is 16.5. The maximum Gasteiger partial charge on any atom is 0.304 e. The number of aliphatic hydroxyl groups is 1. The van der Waals surface area contributed by atoms with Gasteiger partial charge in [0.1, 0.15) is 0 Å². The lowest BCUT2D eigenvalue weighted by Gasteiger charge is -2.23. The van der Waals surface area contributed by atoms with Crippen LogP contribution in [0.2, 0.25) is 0 Å². The predicted octanol–water partition coefficient (Wildman–Crippen LogP) is 0.569. The average molecular weight is 233 g/mol. The monoisotopic (exact) mass is 233 g/mol. The van der Waals surface area contributed by atoms with E-state index in [2.05, 4.69) is 0 Å². The molecule has 0 aromatic carbocycles. The van der Waals surface area contributed by atoms with E-state index in [1.807, 2.05) is 25.7 Å². The second kappa shape index (κ2) is 8.50. The van der Waals surface area contributed by atoms with Crippen LogP contribution in [0.3, 0.4) is 0 Å². The third-order valence-corrected chi connectivity index (χ3v) is 2.18. The molecule has 1 atom stereocenters. The largest absolute Gasteiger partial charge is 0.481 e. The van der Waals surface area contributed by atoms with Crippen LogP contribution in [0, 0.1) is 0 Å². The van der Waals surface area contributed by atoms with Crippen LogP contribution < -0.4 is 0 Å². The number of aliphatic carboxylic acids is 1. The van der Waals surface area contributed by atoms with Crippen LogP contribution in [0.15, 0.2) is 0 Å². The van der Waals surface area contributed by atoms with Gasteiger partial charge in [0.25, 0.3) is 0 Å². The number of carboxylic acid groups (broad SMARTS) is 1. The first-order valence-electron chi connectivity index (χ1n) is 5.69. The third-order valence-electron chi connectivity index (χ3n) is 2.18. The van der Waals surface area contributed by atoms with Crippen molar-refractivity contribution in [1.82, 2.24) is 4.90 Å². The number of hydrogen-bond donors (Lipinski definition) is 2. The molecule has 0 radical (unpaired) electrons. The molecule has 0 saturated heterocycles. The topological polar surface area (TPSA) is 70.0 Å². The zero-order valence-corrected chi connectivity index (χ0v) is 10.3. The van der Waals surface area contributed by atoms with Gasteiger partial charge in [-0.2, -0.15) is 0 Å². The van der Waals surface area contributed by atoms with Gasteiger partial charge in [-0.1, -0.05) is 6.92 Å². The SMILES string of the molecule is CCN(CCC(=O)O)CC(O)COC(C)C. The fourth-order valence-corrected chi connectivity index (χ4v) is 1.29. The standard InChI is InChI=1S/C11H23NO4/c1-4-12(6-5-11(14)15)7-10(13)8-16-9(2)3/h9-10,13H,4-8H2,1-3H3,(H,14,15). The van der Waals surface area contributed by atoms with Crippen LogP contribution in [0.25, 0.3) is 0 Å². The third kappa shape index (κ3) is 8.64. The van der Waals surface area contributed by atoms with Crippen LogP contribution in [-0.2, 0) is 9.53 Å². The summed E-state index contributed by atoms with van der Waals surface area (Å²) in [6, 6.07) is 0. The molecule has 0 aliphatic carbocycles. The van der Waals surface area contributed by atoms with Gasteiger partial charge in [-0.15, -0.1) is 0 Å². The Bertz CT molecular complexity index is 196. The van der Waals surface area contributed by atoms with Crippen molar-refractivity contribution in [1.29, 1.82) is 0 Å². The van der Waals surface area contributed by atoms with E-state index >= 15 is 0 Å². The van der Waals surface area contributed by atoms with E-state index in [4.69, 9.17) is 9.84 Å². The Balaban J connectivity index is 3.78. The molecule has 5 heteroatoms. The Labute approximate surface area is 97.0 Å². The molecule has 0 aromatic heterocycles. The highest BCUT2D eigenvalue weighted by Gasteiger charge is 2.12. The fourth-order valence-electron chi connectivity index (χ4n) is 1.29. The van der Waals surface area contributed by atoms with Crippen LogP contribution in [0.4, 0.5) is 0 Å². The Morgan fingerprint density at radius 1 is 1.44 bits per heavy atom. The van der Waals surface area contributed by atoms with E-state index in [1.165, 1.54) is 0 Å². The average Bonchev–Trinajstić information content (AvgIpc) is 2.20. The summed E-state index contributed by atoms with van der Waals surface area (Å²) in [6.45, 7) is 7.70. The van der Waals surface area contributed by atoms with Crippen LogP contribution in [0.1, 0.15) is 27.2 Å². The van der Waals surface area contributed by atoms with Gasteiger partial charge in [0.2, 0.25) is 0 Å². The van der Waals surface area contributed by atoms with Crippen molar-refractivity contribution in [2.75, 3.05) is 26.2 Å². The molecule has 0 aliphatic heterocycles. The quantitative estimate of drug-likeness (QED) is 0.609. The summed E-state index contributed by atoms with van der Waals surface area (Å²) in [4.78, 5) is 12.3. The summed E-state index contributed by atoms with van der Waals surface area (Å²) in [5, 5.41) is 18.2. The summed E-state index contributed by atoms with van der Waals surface area (Å²) in [5.74, 6) is -0.814. The van der Waals surface area contributed by atoms with Crippen LogP contribution in [0.5, 0.6) is 0 Å². The molecule has 16 heavy (non-hydrogen) atoms. The van der Waals surface area contributed by atoms with E-state index in [1.54, 1.807) is 0 Å². The molecule has 2 N–H and O–H groups in total. The van der Waals surface area contributed by atoms with Crippen molar-refractivity contribution in [2.45, 2.75) is 39.4 Å². The lowest BCUT2D eigenvalue weighted by atomic mass is 10.3. The highest BCUT2D eigenvalue weighted by molar-refractivity contribution is 5.66. The maximum absolute atomic E-state index is 10.4. The molecule has 0 aromatic rings. The number of ether oxygens (including phenoxy) is 1. The first-order chi connectivity index (χ1) is 7.45. The smallest absolute Gasteiger partial charge is 0.304 e. The maximum atomic E-state index is 10.4. The minimum absolute atomic E-state index is 0.101. The minimum atomic E-state index is -0.814. The van der Waals surface area contributed by atoms with Gasteiger partial charge in [-0.25, -0.2) is 0 Å². The Morgan fingerprint density at radius 3 is 2.50 bits per heavy atom. The Kier molecular flexibility index (Phi) is 8.15. The van der Waals surface area contributed by atoms with Gasteiger partial charge in [0.15, 0.2) is 0 Å². The number of carboxylic acids is 1. The number of hydrogen-bond acceptors (Lipinski definition) is 4. The molecule has 0 amide bonds. The van der Waals surface area contributed by atoms with E-state index in [0.29, 0.717) is 19.7 Å². The zero-order chi connectivity index (χ0) is 12.6. The summed E-state index contributed by atoms with van der Waals surface area (Å²) in [7, 11) is 0. The summed E-state index contributed by atoms with van der Waals surface area (Å²) >= 11 is 0. The molecule has 5 nitrogen and oxygen atoms in total. The zero-order valence-electron chi connectivity index (χ0n) is 10.3. The first kappa shape index (κ1) is 15.3. The number of aliphatic hydroxyl groups excluding tert-OH is 1. The van der Waals surface area contributed by atoms with Gasteiger partial charge in [0, 0.05) is 13.1 Å². The molecule has 1 unspecified atom stereocenters. The van der Waals surface area contributed by atoms with Gasteiger partial charge in [0.05, 0.1) is 25.2 Å². The van der Waals surface area contributed by atoms with Crippen molar-refractivity contribution >= 4 is 5.97 Å². The molecule has 0 bridgehead atoms. The van der Waals surface area contributed by atoms with Gasteiger partial charge >= 0.3 is 5.97 Å². The fraction of sp³-hybridized carbons (Fsp3) is 0.909. The Hall–Kier alpha value is -0.650. The molecule has 0 heterocycles. The van der Waals surface area contributed by atoms with Gasteiger partial charge < -0.3 is 19.8 Å². The molecule has 0 fully saturated rings. The Morgan fingerprint density at radius 2 is 2.06 bits per heavy atom. The first-order valence-corrected chi connectivity index (χ1v) is 5.69. The van der Waals surface area contributed by atoms with Crippen molar-refractivity contribution in [3.8, 4) is 0 Å². The van der Waals surface area contributed by atoms with Crippen molar-refractivity contribution in [3.63, 3.8) is 0 Å². The molecule has 96 valence electrons. The number of nitrogens with zero attached hydrogens (tertiary/aromatic N) is 1. The van der Waals surface area contributed by atoms with E-state index in [-0.39, 0.29) is 12.5 Å². The number of carbonyl (C=O) groups is 1. The van der Waals surface area contributed by atoms with Crippen LogP contribution in [-0.4, -0.2) is 59.5 Å². The normalized spacial score (nSPS) is 13.4. The van der Waals surface area contributed by atoms with E-state index in [0.717, 1.165) is 6.54 Å². The lowest BCUT2D eigenvalue weighted by molar-refractivity contribution is -0.137. The highest BCUT2D eigenvalue weighted by Crippen LogP contribution is 1.98. The van der Waals surface area contributed by atoms with Crippen molar-refractivity contribution in [3.05, 3.63) is 0 Å². The lowest BCUT2D eigenvalue weighted by Crippen LogP contribution is -2.36. The van der Waals surface area contributed by atoms with E-state index in [9.17, 15) is 9.90 Å². The molecular weight excluding hydrogens is 210 g/mol. The summed E-state index contributed by atoms with van der Waals surface area (Å²) in [5.41, 5.74) is 0. The molecule has 0 spiro atoms. The number of likely N-dealkylation sites (N-methyl/N-ethyl adjacent to an activating group) is 1. The summed E-state index contributed by atoms with van der Waals surface area (Å²) in [6.07, 6.45) is -0.356. The molecule has 0 rings (SSSR count). The van der Waals surface area contributed by atoms with Gasteiger partial charge in [-0.3, -0.25) is 4.79 Å². The van der Waals surface area contributed by atoms with Crippen molar-refractivity contribution < 1.29 is 19.7 Å². The predicted molar refractivity (Wildman–Crippen MR) is 61.5 cm³/mol.